The summed E-state index contributed by atoms with van der Waals surface area (Å²) in [6.07, 6.45) is 6.26. The maximum Gasteiger partial charge on any atom is 0.228 e. The Morgan fingerprint density at radius 1 is 1.07 bits per heavy atom. The topological polar surface area (TPSA) is 80.3 Å². The van der Waals surface area contributed by atoms with E-state index in [1.807, 2.05) is 12.1 Å². The molecule has 0 bridgehead atoms. The van der Waals surface area contributed by atoms with Crippen molar-refractivity contribution in [2.75, 3.05) is 5.32 Å². The molecule has 2 aliphatic carbocycles. The highest BCUT2D eigenvalue weighted by Crippen LogP contribution is 2.31. The van der Waals surface area contributed by atoms with E-state index < -0.39 is 0 Å². The average Bonchev–Trinajstić information content (AvgIpc) is 3.46. The molecule has 140 valence electrons. The lowest BCUT2D eigenvalue weighted by Crippen LogP contribution is -2.37. The molecule has 27 heavy (non-hydrogen) atoms. The van der Waals surface area contributed by atoms with E-state index >= 15 is 0 Å². The van der Waals surface area contributed by atoms with Crippen LogP contribution in [0.15, 0.2) is 36.5 Å². The van der Waals surface area contributed by atoms with Crippen LogP contribution in [0.5, 0.6) is 11.5 Å². The number of carbonyl (C=O) groups is 2. The van der Waals surface area contributed by atoms with Gasteiger partial charge in [-0.25, -0.2) is 4.98 Å². The molecular weight excluding hydrogens is 342 g/mol. The zero-order valence-electron chi connectivity index (χ0n) is 15.3. The van der Waals surface area contributed by atoms with Gasteiger partial charge in [0.05, 0.1) is 0 Å². The number of aromatic nitrogens is 1. The molecule has 0 spiro atoms. The number of benzene rings is 1. The molecule has 2 aliphatic rings. The van der Waals surface area contributed by atoms with E-state index in [1.165, 1.54) is 11.1 Å². The summed E-state index contributed by atoms with van der Waals surface area (Å²) in [5.74, 6) is 2.04. The highest BCUT2D eigenvalue weighted by Gasteiger charge is 2.29. The molecule has 2 amide bonds. The van der Waals surface area contributed by atoms with Gasteiger partial charge in [0, 0.05) is 31.1 Å². The van der Waals surface area contributed by atoms with Gasteiger partial charge in [0.2, 0.25) is 11.8 Å². The van der Waals surface area contributed by atoms with E-state index in [4.69, 9.17) is 4.74 Å². The van der Waals surface area contributed by atoms with Crippen molar-refractivity contribution in [3.63, 3.8) is 0 Å². The van der Waals surface area contributed by atoms with Crippen molar-refractivity contribution in [3.8, 4) is 11.5 Å². The number of hydrogen-bond acceptors (Lipinski definition) is 4. The van der Waals surface area contributed by atoms with Crippen LogP contribution in [0.3, 0.4) is 0 Å². The van der Waals surface area contributed by atoms with Crippen LogP contribution in [0.1, 0.15) is 37.3 Å². The van der Waals surface area contributed by atoms with Crippen LogP contribution in [-0.2, 0) is 22.4 Å². The Balaban J connectivity index is 1.45. The Kier molecular flexibility index (Phi) is 4.79. The number of fused-ring (bicyclic) bond motifs is 1. The first-order valence-electron chi connectivity index (χ1n) is 9.40. The third kappa shape index (κ3) is 4.45. The standard InChI is InChI=1S/C21H23N3O3/c1-13(25)23-17-6-4-14-5-7-18(11-16(14)10-17)27-19-8-9-22-20(12-19)24-21(26)15-2-3-15/h5,7-9,11-12,15,17H,2-4,6,10H2,1H3,(H,23,25)(H,22,24,26). The summed E-state index contributed by atoms with van der Waals surface area (Å²) in [5.41, 5.74) is 2.50. The summed E-state index contributed by atoms with van der Waals surface area (Å²) in [6, 6.07) is 9.76. The summed E-state index contributed by atoms with van der Waals surface area (Å²) < 4.78 is 5.98. The fraction of sp³-hybridized carbons (Fsp3) is 0.381. The molecule has 0 saturated heterocycles. The third-order valence-electron chi connectivity index (χ3n) is 4.98. The molecule has 0 aliphatic heterocycles. The number of hydrogen-bond donors (Lipinski definition) is 2. The number of rotatable bonds is 5. The third-order valence-corrected chi connectivity index (χ3v) is 4.98. The van der Waals surface area contributed by atoms with Gasteiger partial charge in [0.1, 0.15) is 17.3 Å². The molecule has 1 heterocycles. The van der Waals surface area contributed by atoms with Gasteiger partial charge >= 0.3 is 0 Å². The van der Waals surface area contributed by atoms with E-state index in [2.05, 4.69) is 21.7 Å². The molecule has 1 saturated carbocycles. The largest absolute Gasteiger partial charge is 0.457 e. The SMILES string of the molecule is CC(=O)NC1CCc2ccc(Oc3ccnc(NC(=O)C4CC4)c3)cc2C1. The molecule has 2 N–H and O–H groups in total. The lowest BCUT2D eigenvalue weighted by molar-refractivity contribution is -0.120. The normalized spacial score (nSPS) is 18.3. The molecule has 1 unspecified atom stereocenters. The van der Waals surface area contributed by atoms with Crippen molar-refractivity contribution in [1.29, 1.82) is 0 Å². The van der Waals surface area contributed by atoms with Crippen molar-refractivity contribution >= 4 is 17.6 Å². The maximum absolute atomic E-state index is 11.9. The van der Waals surface area contributed by atoms with Crippen LogP contribution in [0.4, 0.5) is 5.82 Å². The smallest absolute Gasteiger partial charge is 0.228 e. The minimum atomic E-state index is 0.00779. The Hall–Kier alpha value is -2.89. The van der Waals surface area contributed by atoms with Crippen LogP contribution in [0.2, 0.25) is 0 Å². The molecule has 1 atom stereocenters. The maximum atomic E-state index is 11.9. The Labute approximate surface area is 158 Å². The van der Waals surface area contributed by atoms with Crippen LogP contribution < -0.4 is 15.4 Å². The van der Waals surface area contributed by atoms with Gasteiger partial charge < -0.3 is 15.4 Å². The van der Waals surface area contributed by atoms with Crippen LogP contribution in [0, 0.1) is 5.92 Å². The van der Waals surface area contributed by atoms with Gasteiger partial charge in [0.15, 0.2) is 0 Å². The fourth-order valence-corrected chi connectivity index (χ4v) is 3.46. The molecule has 1 aromatic carbocycles. The Bertz CT molecular complexity index is 877. The number of pyridine rings is 1. The van der Waals surface area contributed by atoms with Crippen molar-refractivity contribution < 1.29 is 14.3 Å². The summed E-state index contributed by atoms with van der Waals surface area (Å²) >= 11 is 0. The summed E-state index contributed by atoms with van der Waals surface area (Å²) in [7, 11) is 0. The zero-order valence-corrected chi connectivity index (χ0v) is 15.3. The van der Waals surface area contributed by atoms with Gasteiger partial charge in [-0.15, -0.1) is 0 Å². The van der Waals surface area contributed by atoms with Gasteiger partial charge in [-0.3, -0.25) is 9.59 Å². The number of amides is 2. The predicted molar refractivity (Wildman–Crippen MR) is 102 cm³/mol. The van der Waals surface area contributed by atoms with Gasteiger partial charge in [-0.1, -0.05) is 6.07 Å². The number of carbonyl (C=O) groups excluding carboxylic acids is 2. The second kappa shape index (κ2) is 7.39. The first kappa shape index (κ1) is 17.5. The molecule has 0 radical (unpaired) electrons. The van der Waals surface area contributed by atoms with E-state index in [0.717, 1.165) is 37.9 Å². The average molecular weight is 365 g/mol. The molecule has 6 nitrogen and oxygen atoms in total. The highest BCUT2D eigenvalue weighted by molar-refractivity contribution is 5.93. The number of nitrogens with zero attached hydrogens (tertiary/aromatic N) is 1. The summed E-state index contributed by atoms with van der Waals surface area (Å²) in [6.45, 7) is 1.55. The van der Waals surface area contributed by atoms with Crippen LogP contribution in [0.25, 0.3) is 0 Å². The number of anilines is 1. The van der Waals surface area contributed by atoms with E-state index in [1.54, 1.807) is 25.3 Å². The van der Waals surface area contributed by atoms with Crippen molar-refractivity contribution in [1.82, 2.24) is 10.3 Å². The second-order valence-electron chi connectivity index (χ2n) is 7.31. The number of aryl methyl sites for hydroxylation is 1. The van der Waals surface area contributed by atoms with Crippen LogP contribution >= 0.6 is 0 Å². The molecule has 6 heteroatoms. The van der Waals surface area contributed by atoms with E-state index in [9.17, 15) is 9.59 Å². The number of nitrogens with one attached hydrogen (secondary N) is 2. The van der Waals surface area contributed by atoms with E-state index in [-0.39, 0.29) is 23.8 Å². The lowest BCUT2D eigenvalue weighted by Gasteiger charge is -2.25. The van der Waals surface area contributed by atoms with Crippen molar-refractivity contribution in [2.45, 2.75) is 45.1 Å². The van der Waals surface area contributed by atoms with Gasteiger partial charge in [-0.2, -0.15) is 0 Å². The first-order valence-corrected chi connectivity index (χ1v) is 9.40. The molecular formula is C21H23N3O3. The fourth-order valence-electron chi connectivity index (χ4n) is 3.46. The summed E-state index contributed by atoms with van der Waals surface area (Å²) in [4.78, 5) is 27.4. The number of ether oxygens (including phenoxy) is 1. The molecule has 2 aromatic rings. The molecule has 1 aromatic heterocycles. The minimum absolute atomic E-state index is 0.00779. The zero-order chi connectivity index (χ0) is 18.8. The quantitative estimate of drug-likeness (QED) is 0.853. The second-order valence-corrected chi connectivity index (χ2v) is 7.31. The lowest BCUT2D eigenvalue weighted by atomic mass is 9.88. The van der Waals surface area contributed by atoms with Gasteiger partial charge in [-0.05, 0) is 61.4 Å². The summed E-state index contributed by atoms with van der Waals surface area (Å²) in [5, 5.41) is 5.84. The first-order chi connectivity index (χ1) is 13.1. The molecule has 1 fully saturated rings. The van der Waals surface area contributed by atoms with Crippen LogP contribution in [-0.4, -0.2) is 22.8 Å². The van der Waals surface area contributed by atoms with Crippen molar-refractivity contribution in [3.05, 3.63) is 47.7 Å². The van der Waals surface area contributed by atoms with Gasteiger partial charge in [0.25, 0.3) is 0 Å². The minimum Gasteiger partial charge on any atom is -0.457 e. The molecule has 4 rings (SSSR count). The predicted octanol–water partition coefficient (Wildman–Crippen LogP) is 3.22. The van der Waals surface area contributed by atoms with E-state index in [0.29, 0.717) is 11.6 Å². The highest BCUT2D eigenvalue weighted by atomic mass is 16.5. The van der Waals surface area contributed by atoms with Crippen molar-refractivity contribution in [2.24, 2.45) is 5.92 Å². The Morgan fingerprint density at radius 2 is 1.89 bits per heavy atom. The monoisotopic (exact) mass is 365 g/mol. The Morgan fingerprint density at radius 3 is 2.67 bits per heavy atom.